The van der Waals surface area contributed by atoms with Gasteiger partial charge in [-0.15, -0.1) is 0 Å². The standard InChI is InChI=1S/C16H20N2O3/c19-15(18-12-6-5-10(7-12)16(20)21)14-9-17-8-11-3-1-2-4-13(11)14/h1-4,10,12,14,17H,5-9H2,(H,18,19)(H,20,21). The van der Waals surface area contributed by atoms with E-state index >= 15 is 0 Å². The Balaban J connectivity index is 1.66. The number of rotatable bonds is 3. The van der Waals surface area contributed by atoms with Gasteiger partial charge in [0.1, 0.15) is 0 Å². The Morgan fingerprint density at radius 2 is 2.05 bits per heavy atom. The van der Waals surface area contributed by atoms with Crippen LogP contribution in [0.4, 0.5) is 0 Å². The van der Waals surface area contributed by atoms with Gasteiger partial charge in [-0.2, -0.15) is 0 Å². The molecule has 3 unspecified atom stereocenters. The molecule has 0 radical (unpaired) electrons. The molecular weight excluding hydrogens is 268 g/mol. The molecule has 5 heteroatoms. The highest BCUT2D eigenvalue weighted by molar-refractivity contribution is 5.85. The lowest BCUT2D eigenvalue weighted by molar-refractivity contribution is -0.141. The Kier molecular flexibility index (Phi) is 3.92. The summed E-state index contributed by atoms with van der Waals surface area (Å²) < 4.78 is 0. The fourth-order valence-electron chi connectivity index (χ4n) is 3.37. The van der Waals surface area contributed by atoms with E-state index in [1.165, 1.54) is 5.56 Å². The Bertz CT molecular complexity index is 558. The number of carbonyl (C=O) groups excluding carboxylic acids is 1. The van der Waals surface area contributed by atoms with Crippen LogP contribution in [0, 0.1) is 5.92 Å². The molecule has 0 aromatic heterocycles. The van der Waals surface area contributed by atoms with Crippen LogP contribution in [0.2, 0.25) is 0 Å². The van der Waals surface area contributed by atoms with Crippen LogP contribution in [0.15, 0.2) is 24.3 Å². The van der Waals surface area contributed by atoms with Crippen LogP contribution >= 0.6 is 0 Å². The van der Waals surface area contributed by atoms with Gasteiger partial charge in [0.25, 0.3) is 0 Å². The molecule has 1 aliphatic carbocycles. The maximum Gasteiger partial charge on any atom is 0.306 e. The first-order valence-electron chi connectivity index (χ1n) is 7.47. The second-order valence-corrected chi connectivity index (χ2v) is 5.94. The minimum atomic E-state index is -0.753. The molecule has 3 atom stereocenters. The molecular formula is C16H20N2O3. The second-order valence-electron chi connectivity index (χ2n) is 5.94. The van der Waals surface area contributed by atoms with E-state index < -0.39 is 5.97 Å². The number of hydrogen-bond acceptors (Lipinski definition) is 3. The summed E-state index contributed by atoms with van der Waals surface area (Å²) in [7, 11) is 0. The van der Waals surface area contributed by atoms with E-state index in [9.17, 15) is 9.59 Å². The fraction of sp³-hybridized carbons (Fsp3) is 0.500. The average molecular weight is 288 g/mol. The number of carboxylic acid groups (broad SMARTS) is 1. The second kappa shape index (κ2) is 5.85. The molecule has 3 N–H and O–H groups in total. The van der Waals surface area contributed by atoms with Gasteiger partial charge in [0, 0.05) is 19.1 Å². The Morgan fingerprint density at radius 3 is 2.81 bits per heavy atom. The molecule has 5 nitrogen and oxygen atoms in total. The van der Waals surface area contributed by atoms with Crippen LogP contribution in [0.1, 0.15) is 36.3 Å². The first-order valence-corrected chi connectivity index (χ1v) is 7.47. The summed E-state index contributed by atoms with van der Waals surface area (Å²) in [5, 5.41) is 15.3. The number of nitrogens with one attached hydrogen (secondary N) is 2. The van der Waals surface area contributed by atoms with Gasteiger partial charge in [0.05, 0.1) is 11.8 Å². The van der Waals surface area contributed by atoms with Gasteiger partial charge in [0.15, 0.2) is 0 Å². The van der Waals surface area contributed by atoms with E-state index in [4.69, 9.17) is 5.11 Å². The third-order valence-corrected chi connectivity index (χ3v) is 4.54. The van der Waals surface area contributed by atoms with E-state index in [1.54, 1.807) is 0 Å². The molecule has 3 rings (SSSR count). The summed E-state index contributed by atoms with van der Waals surface area (Å²) >= 11 is 0. The molecule has 2 aliphatic rings. The SMILES string of the molecule is O=C(O)C1CCC(NC(=O)C2CNCc3ccccc32)C1. The van der Waals surface area contributed by atoms with Crippen molar-refractivity contribution in [3.8, 4) is 0 Å². The van der Waals surface area contributed by atoms with Crippen molar-refractivity contribution < 1.29 is 14.7 Å². The summed E-state index contributed by atoms with van der Waals surface area (Å²) in [4.78, 5) is 23.5. The number of carboxylic acids is 1. The predicted octanol–water partition coefficient (Wildman–Crippen LogP) is 1.24. The summed E-state index contributed by atoms with van der Waals surface area (Å²) in [6.45, 7) is 1.43. The number of aliphatic carboxylic acids is 1. The lowest BCUT2D eigenvalue weighted by atomic mass is 9.90. The molecule has 1 heterocycles. The predicted molar refractivity (Wildman–Crippen MR) is 77.8 cm³/mol. The van der Waals surface area contributed by atoms with Gasteiger partial charge in [0.2, 0.25) is 5.91 Å². The molecule has 0 spiro atoms. The van der Waals surface area contributed by atoms with Crippen molar-refractivity contribution >= 4 is 11.9 Å². The van der Waals surface area contributed by atoms with Gasteiger partial charge in [-0.25, -0.2) is 0 Å². The van der Waals surface area contributed by atoms with E-state index in [0.29, 0.717) is 19.4 Å². The van der Waals surface area contributed by atoms with Crippen LogP contribution in [0.5, 0.6) is 0 Å². The number of fused-ring (bicyclic) bond motifs is 1. The molecule has 0 saturated heterocycles. The Labute approximate surface area is 123 Å². The highest BCUT2D eigenvalue weighted by atomic mass is 16.4. The monoisotopic (exact) mass is 288 g/mol. The normalized spacial score (nSPS) is 27.9. The van der Waals surface area contributed by atoms with Crippen molar-refractivity contribution in [2.75, 3.05) is 6.54 Å². The van der Waals surface area contributed by atoms with Gasteiger partial charge in [-0.05, 0) is 30.4 Å². The maximum absolute atomic E-state index is 12.5. The summed E-state index contributed by atoms with van der Waals surface area (Å²) in [6, 6.07) is 7.98. The van der Waals surface area contributed by atoms with Crippen molar-refractivity contribution in [1.82, 2.24) is 10.6 Å². The number of amides is 1. The molecule has 1 aliphatic heterocycles. The van der Waals surface area contributed by atoms with Crippen LogP contribution in [0.3, 0.4) is 0 Å². The van der Waals surface area contributed by atoms with Crippen molar-refractivity contribution in [3.63, 3.8) is 0 Å². The Morgan fingerprint density at radius 1 is 1.24 bits per heavy atom. The maximum atomic E-state index is 12.5. The van der Waals surface area contributed by atoms with E-state index in [1.807, 2.05) is 24.3 Å². The zero-order valence-electron chi connectivity index (χ0n) is 11.8. The van der Waals surface area contributed by atoms with Crippen LogP contribution in [0.25, 0.3) is 0 Å². The van der Waals surface area contributed by atoms with E-state index in [0.717, 1.165) is 18.5 Å². The van der Waals surface area contributed by atoms with Crippen molar-refractivity contribution in [1.29, 1.82) is 0 Å². The summed E-state index contributed by atoms with van der Waals surface area (Å²) in [5.41, 5.74) is 2.25. The Hall–Kier alpha value is -1.88. The summed E-state index contributed by atoms with van der Waals surface area (Å²) in [5.74, 6) is -1.24. The minimum absolute atomic E-state index is 0.00527. The highest BCUT2D eigenvalue weighted by Gasteiger charge is 2.33. The third kappa shape index (κ3) is 2.93. The first kappa shape index (κ1) is 14.1. The molecule has 0 bridgehead atoms. The third-order valence-electron chi connectivity index (χ3n) is 4.54. The van der Waals surface area contributed by atoms with E-state index in [2.05, 4.69) is 10.6 Å². The molecule has 1 amide bonds. The number of hydrogen-bond donors (Lipinski definition) is 3. The first-order chi connectivity index (χ1) is 10.1. The van der Waals surface area contributed by atoms with E-state index in [-0.39, 0.29) is 23.8 Å². The topological polar surface area (TPSA) is 78.4 Å². The lowest BCUT2D eigenvalue weighted by Gasteiger charge is -2.26. The van der Waals surface area contributed by atoms with Crippen molar-refractivity contribution in [2.24, 2.45) is 5.92 Å². The van der Waals surface area contributed by atoms with Gasteiger partial charge < -0.3 is 15.7 Å². The van der Waals surface area contributed by atoms with Crippen LogP contribution in [-0.2, 0) is 16.1 Å². The molecule has 1 aromatic carbocycles. The minimum Gasteiger partial charge on any atom is -0.481 e. The highest BCUT2D eigenvalue weighted by Crippen LogP contribution is 2.28. The molecule has 1 aromatic rings. The zero-order valence-corrected chi connectivity index (χ0v) is 11.8. The summed E-state index contributed by atoms with van der Waals surface area (Å²) in [6.07, 6.45) is 1.95. The quantitative estimate of drug-likeness (QED) is 0.782. The zero-order chi connectivity index (χ0) is 14.8. The van der Waals surface area contributed by atoms with Crippen LogP contribution in [-0.4, -0.2) is 29.6 Å². The average Bonchev–Trinajstić information content (AvgIpc) is 2.95. The van der Waals surface area contributed by atoms with Gasteiger partial charge in [-0.1, -0.05) is 24.3 Å². The fourth-order valence-corrected chi connectivity index (χ4v) is 3.37. The van der Waals surface area contributed by atoms with Crippen LogP contribution < -0.4 is 10.6 Å². The molecule has 112 valence electrons. The van der Waals surface area contributed by atoms with Crippen molar-refractivity contribution in [2.45, 2.75) is 37.8 Å². The smallest absolute Gasteiger partial charge is 0.306 e. The lowest BCUT2D eigenvalue weighted by Crippen LogP contribution is -2.42. The molecule has 1 saturated carbocycles. The number of benzene rings is 1. The van der Waals surface area contributed by atoms with Gasteiger partial charge in [-0.3, -0.25) is 9.59 Å². The van der Waals surface area contributed by atoms with Crippen molar-refractivity contribution in [3.05, 3.63) is 35.4 Å². The largest absolute Gasteiger partial charge is 0.481 e. The number of carbonyl (C=O) groups is 2. The molecule has 21 heavy (non-hydrogen) atoms. The molecule has 1 fully saturated rings. The van der Waals surface area contributed by atoms with Gasteiger partial charge >= 0.3 is 5.97 Å².